The van der Waals surface area contributed by atoms with Crippen molar-refractivity contribution >= 4 is 11.9 Å². The van der Waals surface area contributed by atoms with Gasteiger partial charge >= 0.3 is 11.9 Å². The van der Waals surface area contributed by atoms with Crippen LogP contribution in [-0.2, 0) is 19.1 Å². The van der Waals surface area contributed by atoms with E-state index in [0.29, 0.717) is 6.42 Å². The van der Waals surface area contributed by atoms with Gasteiger partial charge in [0.15, 0.2) is 0 Å². The van der Waals surface area contributed by atoms with E-state index in [-0.39, 0.29) is 30.4 Å². The van der Waals surface area contributed by atoms with Gasteiger partial charge in [0.25, 0.3) is 0 Å². The van der Waals surface area contributed by atoms with Crippen LogP contribution in [0.2, 0.25) is 0 Å². The molecular weight excluding hydrogens is 232 g/mol. The average molecular weight is 258 g/mol. The van der Waals surface area contributed by atoms with Crippen LogP contribution in [0.3, 0.4) is 0 Å². The second-order valence-corrected chi connectivity index (χ2v) is 5.51. The lowest BCUT2D eigenvalue weighted by Crippen LogP contribution is -2.27. The van der Waals surface area contributed by atoms with E-state index in [4.69, 9.17) is 9.47 Å². The lowest BCUT2D eigenvalue weighted by molar-refractivity contribution is -0.158. The third kappa shape index (κ3) is 7.30. The van der Waals surface area contributed by atoms with E-state index in [1.54, 1.807) is 6.92 Å². The molecule has 0 spiro atoms. The van der Waals surface area contributed by atoms with E-state index in [1.807, 2.05) is 34.6 Å². The zero-order valence-corrected chi connectivity index (χ0v) is 12.4. The van der Waals surface area contributed by atoms with E-state index >= 15 is 0 Å². The molecule has 0 bridgehead atoms. The van der Waals surface area contributed by atoms with Crippen LogP contribution in [0.15, 0.2) is 0 Å². The van der Waals surface area contributed by atoms with E-state index in [9.17, 15) is 9.59 Å². The first kappa shape index (κ1) is 16.9. The first-order valence-electron chi connectivity index (χ1n) is 6.60. The van der Waals surface area contributed by atoms with Crippen molar-refractivity contribution in [2.45, 2.75) is 72.5 Å². The predicted molar refractivity (Wildman–Crippen MR) is 70.1 cm³/mol. The third-order valence-electron chi connectivity index (χ3n) is 2.78. The molecule has 0 heterocycles. The van der Waals surface area contributed by atoms with Gasteiger partial charge in [-0.15, -0.1) is 0 Å². The molecule has 0 rings (SSSR count). The molecule has 4 heteroatoms. The Labute approximate surface area is 110 Å². The fourth-order valence-electron chi connectivity index (χ4n) is 1.23. The molecule has 18 heavy (non-hydrogen) atoms. The maximum absolute atomic E-state index is 11.6. The van der Waals surface area contributed by atoms with Crippen LogP contribution >= 0.6 is 0 Å². The smallest absolute Gasteiger partial charge is 0.308 e. The number of carbonyl (C=O) groups excluding carboxylic acids is 2. The minimum absolute atomic E-state index is 0.120. The van der Waals surface area contributed by atoms with Crippen molar-refractivity contribution in [3.8, 4) is 0 Å². The molecule has 106 valence electrons. The molecule has 0 aromatic heterocycles. The lowest BCUT2D eigenvalue weighted by Gasteiger charge is -2.23. The van der Waals surface area contributed by atoms with Crippen molar-refractivity contribution in [1.29, 1.82) is 0 Å². The molecule has 0 aliphatic rings. The molecule has 0 amide bonds. The minimum Gasteiger partial charge on any atom is -0.463 e. The highest BCUT2D eigenvalue weighted by Gasteiger charge is 2.22. The van der Waals surface area contributed by atoms with Crippen molar-refractivity contribution in [3.05, 3.63) is 0 Å². The van der Waals surface area contributed by atoms with Crippen molar-refractivity contribution in [1.82, 2.24) is 0 Å². The minimum atomic E-state index is -0.432. The molecule has 4 nitrogen and oxygen atoms in total. The van der Waals surface area contributed by atoms with Gasteiger partial charge in [-0.1, -0.05) is 13.8 Å². The molecule has 0 saturated carbocycles. The van der Waals surface area contributed by atoms with Gasteiger partial charge in [-0.25, -0.2) is 0 Å². The van der Waals surface area contributed by atoms with Crippen molar-refractivity contribution in [3.63, 3.8) is 0 Å². The molecule has 0 unspecified atom stereocenters. The second-order valence-electron chi connectivity index (χ2n) is 5.51. The van der Waals surface area contributed by atoms with Crippen molar-refractivity contribution in [2.24, 2.45) is 5.92 Å². The van der Waals surface area contributed by atoms with Gasteiger partial charge in [0, 0.05) is 6.42 Å². The Morgan fingerprint density at radius 1 is 1.17 bits per heavy atom. The number of ether oxygens (including phenoxy) is 2. The second kappa shape index (κ2) is 7.39. The highest BCUT2D eigenvalue weighted by Crippen LogP contribution is 2.16. The van der Waals surface area contributed by atoms with Crippen molar-refractivity contribution in [2.75, 3.05) is 0 Å². The Balaban J connectivity index is 4.02. The zero-order valence-electron chi connectivity index (χ0n) is 12.4. The number of carbonyl (C=O) groups is 2. The van der Waals surface area contributed by atoms with Crippen LogP contribution in [0.25, 0.3) is 0 Å². The number of rotatable bonds is 7. The third-order valence-corrected chi connectivity index (χ3v) is 2.78. The Hall–Kier alpha value is -1.06. The fourth-order valence-corrected chi connectivity index (χ4v) is 1.23. The van der Waals surface area contributed by atoms with E-state index < -0.39 is 5.60 Å². The SMILES string of the molecule is CCC(C)(C)OC(=O)CC[C@H](C)C(=O)OC(C)C. The predicted octanol–water partition coefficient (Wildman–Crippen LogP) is 3.09. The van der Waals surface area contributed by atoms with Crippen LogP contribution in [0.5, 0.6) is 0 Å². The van der Waals surface area contributed by atoms with E-state index in [2.05, 4.69) is 0 Å². The van der Waals surface area contributed by atoms with E-state index in [0.717, 1.165) is 6.42 Å². The lowest BCUT2D eigenvalue weighted by atomic mass is 10.0. The normalized spacial score (nSPS) is 13.3. The van der Waals surface area contributed by atoms with Crippen molar-refractivity contribution < 1.29 is 19.1 Å². The summed E-state index contributed by atoms with van der Waals surface area (Å²) >= 11 is 0. The molecule has 0 N–H and O–H groups in total. The maximum atomic E-state index is 11.6. The summed E-state index contributed by atoms with van der Waals surface area (Å²) in [4.78, 5) is 23.1. The summed E-state index contributed by atoms with van der Waals surface area (Å²) in [6.07, 6.45) is 1.36. The fraction of sp³-hybridized carbons (Fsp3) is 0.857. The molecule has 0 saturated heterocycles. The van der Waals surface area contributed by atoms with Gasteiger partial charge in [-0.05, 0) is 40.5 Å². The number of hydrogen-bond acceptors (Lipinski definition) is 4. The molecule has 0 aliphatic carbocycles. The quantitative estimate of drug-likeness (QED) is 0.658. The zero-order chi connectivity index (χ0) is 14.3. The Bertz CT molecular complexity index is 282. The van der Waals surface area contributed by atoms with Crippen LogP contribution in [0, 0.1) is 5.92 Å². The Kier molecular flexibility index (Phi) is 6.96. The Morgan fingerprint density at radius 2 is 1.72 bits per heavy atom. The van der Waals surface area contributed by atoms with Gasteiger partial charge in [0.05, 0.1) is 12.0 Å². The number of esters is 2. The summed E-state index contributed by atoms with van der Waals surface area (Å²) in [6.45, 7) is 11.1. The monoisotopic (exact) mass is 258 g/mol. The highest BCUT2D eigenvalue weighted by atomic mass is 16.6. The maximum Gasteiger partial charge on any atom is 0.308 e. The highest BCUT2D eigenvalue weighted by molar-refractivity contribution is 5.74. The molecule has 0 fully saturated rings. The summed E-state index contributed by atoms with van der Waals surface area (Å²) in [7, 11) is 0. The molecule has 1 atom stereocenters. The summed E-state index contributed by atoms with van der Waals surface area (Å²) in [5.74, 6) is -0.789. The van der Waals surface area contributed by atoms with Crippen LogP contribution in [-0.4, -0.2) is 23.6 Å². The van der Waals surface area contributed by atoms with Gasteiger partial charge in [0.1, 0.15) is 5.60 Å². The van der Waals surface area contributed by atoms with Crippen LogP contribution < -0.4 is 0 Å². The standard InChI is InChI=1S/C14H26O4/c1-7-14(5,6)18-12(15)9-8-11(4)13(16)17-10(2)3/h10-11H,7-9H2,1-6H3/t11-/m0/s1. The van der Waals surface area contributed by atoms with Crippen LogP contribution in [0.1, 0.15) is 60.8 Å². The molecule has 0 aromatic carbocycles. The summed E-state index contributed by atoms with van der Waals surface area (Å²) in [6, 6.07) is 0. The summed E-state index contributed by atoms with van der Waals surface area (Å²) < 4.78 is 10.4. The largest absolute Gasteiger partial charge is 0.463 e. The van der Waals surface area contributed by atoms with Gasteiger partial charge in [-0.2, -0.15) is 0 Å². The van der Waals surface area contributed by atoms with Gasteiger partial charge in [-0.3, -0.25) is 9.59 Å². The topological polar surface area (TPSA) is 52.6 Å². The first-order valence-corrected chi connectivity index (χ1v) is 6.60. The average Bonchev–Trinajstić information content (AvgIpc) is 2.24. The van der Waals surface area contributed by atoms with E-state index in [1.165, 1.54) is 0 Å². The Morgan fingerprint density at radius 3 is 2.17 bits per heavy atom. The van der Waals surface area contributed by atoms with Gasteiger partial charge in [0.2, 0.25) is 0 Å². The molecule has 0 aromatic rings. The van der Waals surface area contributed by atoms with Gasteiger partial charge < -0.3 is 9.47 Å². The van der Waals surface area contributed by atoms with Crippen LogP contribution in [0.4, 0.5) is 0 Å². The molecular formula is C14H26O4. The molecule has 0 aliphatic heterocycles. The number of hydrogen-bond donors (Lipinski definition) is 0. The molecule has 0 radical (unpaired) electrons. The summed E-state index contributed by atoms with van der Waals surface area (Å²) in [5.41, 5.74) is -0.432. The first-order chi connectivity index (χ1) is 8.18. The summed E-state index contributed by atoms with van der Waals surface area (Å²) in [5, 5.41) is 0.